The quantitative estimate of drug-likeness (QED) is 0.659. The van der Waals surface area contributed by atoms with Gasteiger partial charge >= 0.3 is 0 Å². The third-order valence-electron chi connectivity index (χ3n) is 5.85. The summed E-state index contributed by atoms with van der Waals surface area (Å²) in [6, 6.07) is 14.3. The summed E-state index contributed by atoms with van der Waals surface area (Å²) < 4.78 is 10.8. The predicted octanol–water partition coefficient (Wildman–Crippen LogP) is 1.60. The highest BCUT2D eigenvalue weighted by molar-refractivity contribution is 6.45. The standard InChI is InChI=1S/C24H27N3O5/c1-31-18-8-9-20(32-2)19(16-18)27-23(29)21(17-6-4-3-5-7-17)22(24(27)30)26-12-10-25(11-13-26)14-15-28/h3-9,16,28H,10-15H2,1-2H3. The van der Waals surface area contributed by atoms with Crippen LogP contribution in [0.25, 0.3) is 5.57 Å². The van der Waals surface area contributed by atoms with Crippen LogP contribution in [0, 0.1) is 0 Å². The molecule has 2 heterocycles. The highest BCUT2D eigenvalue weighted by atomic mass is 16.5. The molecular formula is C24H27N3O5. The molecule has 2 amide bonds. The van der Waals surface area contributed by atoms with E-state index < -0.39 is 0 Å². The average molecular weight is 437 g/mol. The van der Waals surface area contributed by atoms with Gasteiger partial charge in [-0.25, -0.2) is 4.90 Å². The monoisotopic (exact) mass is 437 g/mol. The second-order valence-corrected chi connectivity index (χ2v) is 7.63. The van der Waals surface area contributed by atoms with Crippen molar-refractivity contribution in [2.75, 3.05) is 58.5 Å². The minimum absolute atomic E-state index is 0.0960. The van der Waals surface area contributed by atoms with Crippen LogP contribution in [-0.4, -0.2) is 80.3 Å². The highest BCUT2D eigenvalue weighted by Crippen LogP contribution is 2.40. The molecule has 2 aromatic carbocycles. The molecule has 4 rings (SSSR count). The van der Waals surface area contributed by atoms with E-state index in [-0.39, 0.29) is 18.4 Å². The molecule has 32 heavy (non-hydrogen) atoms. The maximum absolute atomic E-state index is 13.7. The van der Waals surface area contributed by atoms with E-state index in [1.807, 2.05) is 35.2 Å². The number of piperazine rings is 1. The Morgan fingerprint density at radius 3 is 2.25 bits per heavy atom. The van der Waals surface area contributed by atoms with Gasteiger partial charge in [-0.3, -0.25) is 14.5 Å². The van der Waals surface area contributed by atoms with Crippen molar-refractivity contribution in [1.82, 2.24) is 9.80 Å². The number of imide groups is 1. The largest absolute Gasteiger partial charge is 0.497 e. The van der Waals surface area contributed by atoms with Gasteiger partial charge in [-0.1, -0.05) is 30.3 Å². The van der Waals surface area contributed by atoms with Crippen molar-refractivity contribution in [3.05, 3.63) is 59.8 Å². The summed E-state index contributed by atoms with van der Waals surface area (Å²) in [5.41, 5.74) is 1.83. The van der Waals surface area contributed by atoms with Gasteiger partial charge in [-0.15, -0.1) is 0 Å². The first kappa shape index (κ1) is 21.9. The third-order valence-corrected chi connectivity index (χ3v) is 5.85. The lowest BCUT2D eigenvalue weighted by Gasteiger charge is -2.36. The van der Waals surface area contributed by atoms with E-state index in [0.717, 1.165) is 0 Å². The number of carbonyl (C=O) groups excluding carboxylic acids is 2. The molecule has 2 aliphatic rings. The van der Waals surface area contributed by atoms with Crippen LogP contribution in [0.4, 0.5) is 5.69 Å². The minimum Gasteiger partial charge on any atom is -0.497 e. The fourth-order valence-electron chi connectivity index (χ4n) is 4.20. The van der Waals surface area contributed by atoms with Crippen LogP contribution in [0.5, 0.6) is 11.5 Å². The van der Waals surface area contributed by atoms with Gasteiger partial charge in [0.1, 0.15) is 17.2 Å². The van der Waals surface area contributed by atoms with Crippen LogP contribution in [0.3, 0.4) is 0 Å². The van der Waals surface area contributed by atoms with Gasteiger partial charge in [0.05, 0.1) is 32.1 Å². The molecule has 2 aliphatic heterocycles. The van der Waals surface area contributed by atoms with Gasteiger partial charge in [0, 0.05) is 38.8 Å². The second kappa shape index (κ2) is 9.42. The van der Waals surface area contributed by atoms with Crippen molar-refractivity contribution in [3.63, 3.8) is 0 Å². The zero-order valence-electron chi connectivity index (χ0n) is 18.3. The van der Waals surface area contributed by atoms with E-state index >= 15 is 0 Å². The van der Waals surface area contributed by atoms with E-state index in [9.17, 15) is 14.7 Å². The Morgan fingerprint density at radius 2 is 1.62 bits per heavy atom. The summed E-state index contributed by atoms with van der Waals surface area (Å²) in [4.78, 5) is 32.7. The number of aliphatic hydroxyl groups is 1. The van der Waals surface area contributed by atoms with Crippen LogP contribution < -0.4 is 14.4 Å². The van der Waals surface area contributed by atoms with Gasteiger partial charge in [0.2, 0.25) is 0 Å². The molecule has 0 spiro atoms. The number of anilines is 1. The van der Waals surface area contributed by atoms with Crippen molar-refractivity contribution < 1.29 is 24.2 Å². The number of hydrogen-bond donors (Lipinski definition) is 1. The first-order valence-corrected chi connectivity index (χ1v) is 10.6. The van der Waals surface area contributed by atoms with Gasteiger partial charge in [0.25, 0.3) is 11.8 Å². The molecule has 0 aromatic heterocycles. The molecule has 2 aromatic rings. The summed E-state index contributed by atoms with van der Waals surface area (Å²) in [6.07, 6.45) is 0. The molecule has 8 nitrogen and oxygen atoms in total. The average Bonchev–Trinajstić information content (AvgIpc) is 3.09. The fourth-order valence-corrected chi connectivity index (χ4v) is 4.20. The molecule has 1 saturated heterocycles. The number of hydrogen-bond acceptors (Lipinski definition) is 7. The Balaban J connectivity index is 1.77. The number of nitrogens with zero attached hydrogens (tertiary/aromatic N) is 3. The highest BCUT2D eigenvalue weighted by Gasteiger charge is 2.44. The van der Waals surface area contributed by atoms with Crippen LogP contribution in [0.15, 0.2) is 54.2 Å². The minimum atomic E-state index is -0.388. The zero-order chi connectivity index (χ0) is 22.7. The predicted molar refractivity (Wildman–Crippen MR) is 120 cm³/mol. The van der Waals surface area contributed by atoms with E-state index in [4.69, 9.17) is 9.47 Å². The van der Waals surface area contributed by atoms with Gasteiger partial charge in [0.15, 0.2) is 0 Å². The van der Waals surface area contributed by atoms with Crippen molar-refractivity contribution >= 4 is 23.1 Å². The maximum Gasteiger partial charge on any atom is 0.282 e. The molecule has 0 aliphatic carbocycles. The van der Waals surface area contributed by atoms with Crippen LogP contribution in [-0.2, 0) is 9.59 Å². The van der Waals surface area contributed by atoms with Crippen molar-refractivity contribution in [2.45, 2.75) is 0 Å². The van der Waals surface area contributed by atoms with Crippen molar-refractivity contribution in [3.8, 4) is 11.5 Å². The Bertz CT molecular complexity index is 1030. The summed E-state index contributed by atoms with van der Waals surface area (Å²) in [5.74, 6) is 0.166. The second-order valence-electron chi connectivity index (χ2n) is 7.63. The lowest BCUT2D eigenvalue weighted by atomic mass is 10.0. The smallest absolute Gasteiger partial charge is 0.282 e. The Kier molecular flexibility index (Phi) is 6.43. The van der Waals surface area contributed by atoms with Crippen LogP contribution in [0.2, 0.25) is 0 Å². The van der Waals surface area contributed by atoms with Gasteiger partial charge in [-0.05, 0) is 17.7 Å². The molecule has 0 radical (unpaired) electrons. The molecular weight excluding hydrogens is 410 g/mol. The molecule has 168 valence electrons. The molecule has 1 N–H and O–H groups in total. The first-order valence-electron chi connectivity index (χ1n) is 10.6. The third kappa shape index (κ3) is 3.94. The Labute approximate surface area is 187 Å². The SMILES string of the molecule is COc1ccc(OC)c(N2C(=O)C(c3ccccc3)=C(N3CCN(CCO)CC3)C2=O)c1. The molecule has 0 unspecified atom stereocenters. The lowest BCUT2D eigenvalue weighted by molar-refractivity contribution is -0.120. The number of ether oxygens (including phenoxy) is 2. The van der Waals surface area contributed by atoms with Crippen molar-refractivity contribution in [1.29, 1.82) is 0 Å². The lowest BCUT2D eigenvalue weighted by Crippen LogP contribution is -2.48. The summed E-state index contributed by atoms with van der Waals surface area (Å²) in [5, 5.41) is 9.22. The Hall–Kier alpha value is -3.36. The molecule has 0 bridgehead atoms. The normalized spacial score (nSPS) is 17.3. The number of methoxy groups -OCH3 is 2. The van der Waals surface area contributed by atoms with E-state index in [2.05, 4.69) is 4.90 Å². The van der Waals surface area contributed by atoms with E-state index in [1.165, 1.54) is 19.1 Å². The number of benzene rings is 2. The topological polar surface area (TPSA) is 82.6 Å². The number of rotatable bonds is 7. The molecule has 0 atom stereocenters. The summed E-state index contributed by atoms with van der Waals surface area (Å²) >= 11 is 0. The molecule has 1 fully saturated rings. The molecule has 0 saturated carbocycles. The number of aliphatic hydroxyl groups excluding tert-OH is 1. The first-order chi connectivity index (χ1) is 15.6. The van der Waals surface area contributed by atoms with E-state index in [0.29, 0.717) is 66.7 Å². The summed E-state index contributed by atoms with van der Waals surface area (Å²) in [7, 11) is 3.04. The fraction of sp³-hybridized carbons (Fsp3) is 0.333. The summed E-state index contributed by atoms with van der Waals surface area (Å²) in [6.45, 7) is 3.28. The number of amides is 2. The zero-order valence-corrected chi connectivity index (χ0v) is 18.3. The van der Waals surface area contributed by atoms with Crippen LogP contribution >= 0.6 is 0 Å². The van der Waals surface area contributed by atoms with Gasteiger partial charge in [-0.2, -0.15) is 0 Å². The van der Waals surface area contributed by atoms with Crippen LogP contribution in [0.1, 0.15) is 5.56 Å². The van der Waals surface area contributed by atoms with Gasteiger partial charge < -0.3 is 19.5 Å². The number of carbonyl (C=O) groups is 2. The van der Waals surface area contributed by atoms with E-state index in [1.54, 1.807) is 18.2 Å². The maximum atomic E-state index is 13.7. The molecule has 8 heteroatoms. The van der Waals surface area contributed by atoms with Crippen molar-refractivity contribution in [2.24, 2.45) is 0 Å². The number of β-amino-alcohol motifs (C(OH)–C–C–N with tert-alkyl or cyclic N) is 1. The Morgan fingerprint density at radius 1 is 0.906 bits per heavy atom.